The van der Waals surface area contributed by atoms with Gasteiger partial charge in [-0.2, -0.15) is 0 Å². The second-order valence-electron chi connectivity index (χ2n) is 6.84. The van der Waals surface area contributed by atoms with E-state index < -0.39 is 0 Å². The molecule has 2 aliphatic heterocycles. The second-order valence-corrected chi connectivity index (χ2v) is 6.84. The first-order chi connectivity index (χ1) is 10.8. The summed E-state index contributed by atoms with van der Waals surface area (Å²) in [6.45, 7) is 5.20. The molecule has 2 atom stereocenters. The van der Waals surface area contributed by atoms with E-state index in [0.717, 1.165) is 43.8 Å². The van der Waals surface area contributed by atoms with Crippen molar-refractivity contribution in [1.82, 2.24) is 19.4 Å². The van der Waals surface area contributed by atoms with E-state index >= 15 is 0 Å². The maximum atomic E-state index is 5.53. The van der Waals surface area contributed by atoms with Gasteiger partial charge in [-0.1, -0.05) is 0 Å². The topological polar surface area (TPSA) is 43.2 Å². The molecule has 0 spiro atoms. The van der Waals surface area contributed by atoms with Gasteiger partial charge in [0, 0.05) is 38.9 Å². The van der Waals surface area contributed by atoms with Crippen LogP contribution in [-0.2, 0) is 17.7 Å². The standard InChI is InChI=1S/C17H24N4O/c1-20-7-4-14(10-20)11-21-16(9-13-5-8-22-12-13)19-15-3-2-6-18-17(15)21/h2-3,6,13-14H,4-5,7-12H2,1H3. The molecule has 0 saturated carbocycles. The fourth-order valence-electron chi connectivity index (χ4n) is 3.79. The third-order valence-corrected chi connectivity index (χ3v) is 5.01. The van der Waals surface area contributed by atoms with Crippen LogP contribution in [0.1, 0.15) is 18.7 Å². The lowest BCUT2D eigenvalue weighted by Gasteiger charge is -2.15. The minimum Gasteiger partial charge on any atom is -0.381 e. The largest absolute Gasteiger partial charge is 0.381 e. The monoisotopic (exact) mass is 300 g/mol. The number of hydrogen-bond donors (Lipinski definition) is 0. The van der Waals surface area contributed by atoms with Crippen LogP contribution in [0.15, 0.2) is 18.3 Å². The Bertz CT molecular complexity index is 647. The summed E-state index contributed by atoms with van der Waals surface area (Å²) in [5.74, 6) is 2.52. The normalized spacial score (nSPS) is 26.2. The van der Waals surface area contributed by atoms with Crippen molar-refractivity contribution in [1.29, 1.82) is 0 Å². The van der Waals surface area contributed by atoms with Crippen LogP contribution in [-0.4, -0.2) is 52.8 Å². The van der Waals surface area contributed by atoms with Crippen LogP contribution in [0, 0.1) is 11.8 Å². The molecule has 2 aliphatic rings. The molecule has 5 nitrogen and oxygen atoms in total. The van der Waals surface area contributed by atoms with E-state index in [0.29, 0.717) is 11.8 Å². The van der Waals surface area contributed by atoms with Crippen molar-refractivity contribution < 1.29 is 4.74 Å². The summed E-state index contributed by atoms with van der Waals surface area (Å²) in [5, 5.41) is 0. The number of hydrogen-bond acceptors (Lipinski definition) is 4. The highest BCUT2D eigenvalue weighted by molar-refractivity contribution is 5.71. The van der Waals surface area contributed by atoms with E-state index in [-0.39, 0.29) is 0 Å². The number of fused-ring (bicyclic) bond motifs is 1. The van der Waals surface area contributed by atoms with Crippen LogP contribution >= 0.6 is 0 Å². The maximum absolute atomic E-state index is 5.53. The van der Waals surface area contributed by atoms with Gasteiger partial charge in [0.15, 0.2) is 5.65 Å². The molecule has 2 aromatic rings. The Morgan fingerprint density at radius 1 is 1.32 bits per heavy atom. The summed E-state index contributed by atoms with van der Waals surface area (Å²) in [7, 11) is 2.21. The van der Waals surface area contributed by atoms with Gasteiger partial charge in [0.2, 0.25) is 0 Å². The van der Waals surface area contributed by atoms with Gasteiger partial charge in [-0.15, -0.1) is 0 Å². The van der Waals surface area contributed by atoms with Gasteiger partial charge in [0.25, 0.3) is 0 Å². The minimum atomic E-state index is 0.613. The highest BCUT2D eigenvalue weighted by Gasteiger charge is 2.24. The Hall–Kier alpha value is -1.46. The molecule has 0 bridgehead atoms. The zero-order valence-electron chi connectivity index (χ0n) is 13.2. The molecule has 4 rings (SSSR count). The lowest BCUT2D eigenvalue weighted by molar-refractivity contribution is 0.185. The lowest BCUT2D eigenvalue weighted by atomic mass is 10.0. The van der Waals surface area contributed by atoms with Gasteiger partial charge in [-0.05, 0) is 50.4 Å². The summed E-state index contributed by atoms with van der Waals surface area (Å²) in [4.78, 5) is 11.9. The van der Waals surface area contributed by atoms with Gasteiger partial charge in [-0.25, -0.2) is 9.97 Å². The molecule has 0 aliphatic carbocycles. The first-order valence-electron chi connectivity index (χ1n) is 8.36. The summed E-state index contributed by atoms with van der Waals surface area (Å²) in [6, 6.07) is 4.06. The van der Waals surface area contributed by atoms with Crippen molar-refractivity contribution in [2.24, 2.45) is 11.8 Å². The predicted octanol–water partition coefficient (Wildman–Crippen LogP) is 1.96. The number of aromatic nitrogens is 3. The van der Waals surface area contributed by atoms with Crippen LogP contribution in [0.2, 0.25) is 0 Å². The van der Waals surface area contributed by atoms with Crippen molar-refractivity contribution in [3.05, 3.63) is 24.2 Å². The SMILES string of the molecule is CN1CCC(Cn2c(CC3CCOC3)nc3cccnc32)C1. The summed E-state index contributed by atoms with van der Waals surface area (Å²) >= 11 is 0. The second kappa shape index (κ2) is 5.97. The minimum absolute atomic E-state index is 0.613. The van der Waals surface area contributed by atoms with Crippen molar-refractivity contribution in [2.45, 2.75) is 25.8 Å². The Kier molecular flexibility index (Phi) is 3.84. The molecular formula is C17H24N4O. The Balaban J connectivity index is 1.63. The van der Waals surface area contributed by atoms with E-state index in [1.165, 1.54) is 25.3 Å². The van der Waals surface area contributed by atoms with Gasteiger partial charge < -0.3 is 14.2 Å². The lowest BCUT2D eigenvalue weighted by Crippen LogP contribution is -2.19. The molecule has 2 fully saturated rings. The Morgan fingerprint density at radius 2 is 2.27 bits per heavy atom. The van der Waals surface area contributed by atoms with Crippen LogP contribution in [0.4, 0.5) is 0 Å². The highest BCUT2D eigenvalue weighted by Crippen LogP contribution is 2.24. The first kappa shape index (κ1) is 14.2. The van der Waals surface area contributed by atoms with Crippen LogP contribution in [0.5, 0.6) is 0 Å². The van der Waals surface area contributed by atoms with Crippen molar-refractivity contribution in [2.75, 3.05) is 33.4 Å². The molecule has 118 valence electrons. The van der Waals surface area contributed by atoms with Crippen LogP contribution in [0.25, 0.3) is 11.2 Å². The summed E-state index contributed by atoms with van der Waals surface area (Å²) in [6.07, 6.45) is 5.32. The smallest absolute Gasteiger partial charge is 0.159 e. The zero-order chi connectivity index (χ0) is 14.9. The number of likely N-dealkylation sites (tertiary alicyclic amines) is 1. The van der Waals surface area contributed by atoms with Crippen LogP contribution < -0.4 is 0 Å². The quantitative estimate of drug-likeness (QED) is 0.866. The van der Waals surface area contributed by atoms with E-state index in [1.807, 2.05) is 12.3 Å². The maximum Gasteiger partial charge on any atom is 0.159 e. The first-order valence-corrected chi connectivity index (χ1v) is 8.36. The van der Waals surface area contributed by atoms with Crippen molar-refractivity contribution >= 4 is 11.2 Å². The fourth-order valence-corrected chi connectivity index (χ4v) is 3.79. The van der Waals surface area contributed by atoms with E-state index in [1.54, 1.807) is 0 Å². The van der Waals surface area contributed by atoms with Crippen LogP contribution in [0.3, 0.4) is 0 Å². The Labute approximate surface area is 131 Å². The average molecular weight is 300 g/mol. The molecular weight excluding hydrogens is 276 g/mol. The summed E-state index contributed by atoms with van der Waals surface area (Å²) < 4.78 is 7.90. The Morgan fingerprint density at radius 3 is 3.05 bits per heavy atom. The number of pyridine rings is 1. The number of rotatable bonds is 4. The van der Waals surface area contributed by atoms with Gasteiger partial charge in [0.05, 0.1) is 0 Å². The van der Waals surface area contributed by atoms with Gasteiger partial charge >= 0.3 is 0 Å². The molecule has 0 aromatic carbocycles. The molecule has 0 amide bonds. The zero-order valence-corrected chi connectivity index (χ0v) is 13.2. The average Bonchev–Trinajstić information content (AvgIpc) is 3.23. The number of ether oxygens (including phenoxy) is 1. The molecule has 2 unspecified atom stereocenters. The molecule has 2 saturated heterocycles. The fraction of sp³-hybridized carbons (Fsp3) is 0.647. The molecule has 22 heavy (non-hydrogen) atoms. The molecule has 5 heteroatoms. The molecule has 4 heterocycles. The molecule has 0 radical (unpaired) electrons. The molecule has 0 N–H and O–H groups in total. The van der Waals surface area contributed by atoms with Crippen molar-refractivity contribution in [3.8, 4) is 0 Å². The summed E-state index contributed by atoms with van der Waals surface area (Å²) in [5.41, 5.74) is 2.08. The highest BCUT2D eigenvalue weighted by atomic mass is 16.5. The van der Waals surface area contributed by atoms with Gasteiger partial charge in [-0.3, -0.25) is 0 Å². The number of imidazole rings is 1. The van der Waals surface area contributed by atoms with Gasteiger partial charge in [0.1, 0.15) is 11.3 Å². The third-order valence-electron chi connectivity index (χ3n) is 5.01. The van der Waals surface area contributed by atoms with E-state index in [2.05, 4.69) is 27.6 Å². The predicted molar refractivity (Wildman–Crippen MR) is 85.8 cm³/mol. The van der Waals surface area contributed by atoms with E-state index in [4.69, 9.17) is 9.72 Å². The van der Waals surface area contributed by atoms with E-state index in [9.17, 15) is 0 Å². The number of nitrogens with zero attached hydrogens (tertiary/aromatic N) is 4. The van der Waals surface area contributed by atoms with Crippen molar-refractivity contribution in [3.63, 3.8) is 0 Å². The molecule has 2 aromatic heterocycles. The third kappa shape index (κ3) is 2.75.